The highest BCUT2D eigenvalue weighted by Crippen LogP contribution is 2.22. The summed E-state index contributed by atoms with van der Waals surface area (Å²) in [5, 5.41) is 14.6. The molecular formula is C25H32N4O2. The SMILES string of the molecule is Cc1ccc(-c2noc(CN(C)CC3CCN(CC(O)c4ccccc4)CC3)n2)cc1. The Bertz CT molecular complexity index is 934. The van der Waals surface area contributed by atoms with Gasteiger partial charge in [0.1, 0.15) is 0 Å². The lowest BCUT2D eigenvalue weighted by Gasteiger charge is -2.34. The Morgan fingerprint density at radius 3 is 2.52 bits per heavy atom. The third-order valence-corrected chi connectivity index (χ3v) is 6.08. The zero-order chi connectivity index (χ0) is 21.6. The average molecular weight is 421 g/mol. The molecule has 1 saturated heterocycles. The van der Waals surface area contributed by atoms with Crippen molar-refractivity contribution in [3.63, 3.8) is 0 Å². The number of aliphatic hydroxyl groups excluding tert-OH is 1. The van der Waals surface area contributed by atoms with E-state index in [0.717, 1.165) is 43.6 Å². The number of aliphatic hydroxyl groups is 1. The molecule has 0 saturated carbocycles. The van der Waals surface area contributed by atoms with Gasteiger partial charge in [-0.2, -0.15) is 4.98 Å². The van der Waals surface area contributed by atoms with Gasteiger partial charge in [-0.25, -0.2) is 0 Å². The van der Waals surface area contributed by atoms with E-state index in [2.05, 4.69) is 46.0 Å². The van der Waals surface area contributed by atoms with Gasteiger partial charge in [0, 0.05) is 18.7 Å². The first-order valence-electron chi connectivity index (χ1n) is 11.1. The van der Waals surface area contributed by atoms with Crippen LogP contribution in [0.15, 0.2) is 59.1 Å². The van der Waals surface area contributed by atoms with Crippen molar-refractivity contribution in [3.05, 3.63) is 71.6 Å². The van der Waals surface area contributed by atoms with Crippen LogP contribution in [0.25, 0.3) is 11.4 Å². The average Bonchev–Trinajstić information content (AvgIpc) is 3.24. The maximum absolute atomic E-state index is 10.5. The number of β-amino-alcohol motifs (C(OH)–C–C–N with tert-alkyl or cyclic N) is 1. The number of rotatable bonds is 8. The molecule has 1 N–H and O–H groups in total. The summed E-state index contributed by atoms with van der Waals surface area (Å²) in [5.74, 6) is 1.95. The molecule has 0 bridgehead atoms. The molecule has 1 aliphatic heterocycles. The van der Waals surface area contributed by atoms with Gasteiger partial charge in [0.25, 0.3) is 0 Å². The van der Waals surface area contributed by atoms with Gasteiger partial charge in [0.05, 0.1) is 12.6 Å². The van der Waals surface area contributed by atoms with Gasteiger partial charge >= 0.3 is 0 Å². The van der Waals surface area contributed by atoms with Crippen LogP contribution in [0.4, 0.5) is 0 Å². The molecule has 3 aromatic rings. The van der Waals surface area contributed by atoms with Gasteiger partial charge in [0.2, 0.25) is 11.7 Å². The second-order valence-electron chi connectivity index (χ2n) is 8.74. The molecule has 4 rings (SSSR count). The summed E-state index contributed by atoms with van der Waals surface area (Å²) in [5.41, 5.74) is 3.19. The van der Waals surface area contributed by atoms with Crippen molar-refractivity contribution in [1.82, 2.24) is 19.9 Å². The van der Waals surface area contributed by atoms with E-state index in [1.54, 1.807) is 0 Å². The Kier molecular flexibility index (Phi) is 7.12. The van der Waals surface area contributed by atoms with E-state index in [0.29, 0.717) is 30.7 Å². The second-order valence-corrected chi connectivity index (χ2v) is 8.74. The van der Waals surface area contributed by atoms with Crippen molar-refractivity contribution >= 4 is 0 Å². The number of piperidine rings is 1. The smallest absolute Gasteiger partial charge is 0.241 e. The standard InChI is InChI=1S/C25H32N4O2/c1-19-8-10-22(11-9-19)25-26-24(31-27-25)18-28(2)16-20-12-14-29(15-13-20)17-23(30)21-6-4-3-5-7-21/h3-11,20,23,30H,12-18H2,1-2H3. The van der Waals surface area contributed by atoms with Crippen molar-refractivity contribution < 1.29 is 9.63 Å². The Morgan fingerprint density at radius 1 is 1.10 bits per heavy atom. The molecule has 2 aromatic carbocycles. The van der Waals surface area contributed by atoms with Gasteiger partial charge in [-0.3, -0.25) is 4.90 Å². The minimum atomic E-state index is -0.416. The predicted molar refractivity (Wildman–Crippen MR) is 121 cm³/mol. The molecule has 0 radical (unpaired) electrons. The van der Waals surface area contributed by atoms with Crippen molar-refractivity contribution in [2.75, 3.05) is 33.2 Å². The summed E-state index contributed by atoms with van der Waals surface area (Å²) in [6.45, 7) is 6.50. The molecule has 6 heteroatoms. The third kappa shape index (κ3) is 6.00. The van der Waals surface area contributed by atoms with Crippen molar-refractivity contribution in [3.8, 4) is 11.4 Å². The number of likely N-dealkylation sites (tertiary alicyclic amines) is 1. The lowest BCUT2D eigenvalue weighted by atomic mass is 9.95. The Hall–Kier alpha value is -2.54. The van der Waals surface area contributed by atoms with E-state index < -0.39 is 6.10 Å². The van der Waals surface area contributed by atoms with Crippen LogP contribution in [0, 0.1) is 12.8 Å². The van der Waals surface area contributed by atoms with E-state index in [4.69, 9.17) is 4.52 Å². The number of hydrogen-bond acceptors (Lipinski definition) is 6. The Labute approximate surface area is 184 Å². The minimum Gasteiger partial charge on any atom is -0.387 e. The largest absolute Gasteiger partial charge is 0.387 e. The second kappa shape index (κ2) is 10.2. The fourth-order valence-corrected chi connectivity index (χ4v) is 4.25. The fraction of sp³-hybridized carbons (Fsp3) is 0.440. The summed E-state index contributed by atoms with van der Waals surface area (Å²) < 4.78 is 5.47. The van der Waals surface area contributed by atoms with Gasteiger partial charge in [-0.05, 0) is 51.4 Å². The number of hydrogen-bond donors (Lipinski definition) is 1. The highest BCUT2D eigenvalue weighted by Gasteiger charge is 2.23. The first-order valence-corrected chi connectivity index (χ1v) is 11.1. The van der Waals surface area contributed by atoms with Crippen LogP contribution >= 0.6 is 0 Å². The summed E-state index contributed by atoms with van der Waals surface area (Å²) >= 11 is 0. The van der Waals surface area contributed by atoms with Crippen LogP contribution < -0.4 is 0 Å². The van der Waals surface area contributed by atoms with Crippen LogP contribution in [-0.2, 0) is 6.54 Å². The molecule has 1 aromatic heterocycles. The number of nitrogens with zero attached hydrogens (tertiary/aromatic N) is 4. The predicted octanol–water partition coefficient (Wildman–Crippen LogP) is 3.92. The van der Waals surface area contributed by atoms with Crippen LogP contribution in [0.1, 0.15) is 36.0 Å². The Balaban J connectivity index is 1.21. The Morgan fingerprint density at radius 2 is 1.81 bits per heavy atom. The fourth-order valence-electron chi connectivity index (χ4n) is 4.25. The monoisotopic (exact) mass is 420 g/mol. The van der Waals surface area contributed by atoms with Gasteiger partial charge in [-0.1, -0.05) is 65.3 Å². The van der Waals surface area contributed by atoms with E-state index in [-0.39, 0.29) is 0 Å². The van der Waals surface area contributed by atoms with E-state index in [1.165, 1.54) is 5.56 Å². The highest BCUT2D eigenvalue weighted by molar-refractivity contribution is 5.54. The summed E-state index contributed by atoms with van der Waals surface area (Å²) in [4.78, 5) is 9.21. The lowest BCUT2D eigenvalue weighted by molar-refractivity contribution is 0.0816. The summed E-state index contributed by atoms with van der Waals surface area (Å²) in [7, 11) is 2.11. The number of aryl methyl sites for hydroxylation is 1. The molecule has 1 aliphatic rings. The highest BCUT2D eigenvalue weighted by atomic mass is 16.5. The number of benzene rings is 2. The first-order chi connectivity index (χ1) is 15.1. The quantitative estimate of drug-likeness (QED) is 0.596. The maximum atomic E-state index is 10.5. The molecule has 0 amide bonds. The van der Waals surface area contributed by atoms with Crippen molar-refractivity contribution in [2.45, 2.75) is 32.4 Å². The molecule has 1 atom stereocenters. The molecule has 31 heavy (non-hydrogen) atoms. The summed E-state index contributed by atoms with van der Waals surface area (Å²) in [6, 6.07) is 18.1. The van der Waals surface area contributed by atoms with E-state index >= 15 is 0 Å². The first kappa shape index (κ1) is 21.7. The van der Waals surface area contributed by atoms with Crippen molar-refractivity contribution in [2.24, 2.45) is 5.92 Å². The van der Waals surface area contributed by atoms with Gasteiger partial charge in [0.15, 0.2) is 0 Å². The van der Waals surface area contributed by atoms with Crippen LogP contribution in [0.2, 0.25) is 0 Å². The maximum Gasteiger partial charge on any atom is 0.241 e. The molecule has 0 aliphatic carbocycles. The van der Waals surface area contributed by atoms with Gasteiger partial charge in [-0.15, -0.1) is 0 Å². The van der Waals surface area contributed by atoms with Crippen LogP contribution in [0.3, 0.4) is 0 Å². The molecule has 0 spiro atoms. The summed E-state index contributed by atoms with van der Waals surface area (Å²) in [6.07, 6.45) is 1.87. The third-order valence-electron chi connectivity index (χ3n) is 6.08. The van der Waals surface area contributed by atoms with Crippen LogP contribution in [-0.4, -0.2) is 58.3 Å². The number of aromatic nitrogens is 2. The van der Waals surface area contributed by atoms with E-state index in [1.807, 2.05) is 42.5 Å². The molecular weight excluding hydrogens is 388 g/mol. The molecule has 2 heterocycles. The zero-order valence-electron chi connectivity index (χ0n) is 18.4. The normalized spacial score (nSPS) is 16.6. The van der Waals surface area contributed by atoms with Gasteiger partial charge < -0.3 is 14.5 Å². The molecule has 6 nitrogen and oxygen atoms in total. The molecule has 1 unspecified atom stereocenters. The molecule has 164 valence electrons. The lowest BCUT2D eigenvalue weighted by Crippen LogP contribution is -2.39. The topological polar surface area (TPSA) is 65.6 Å². The zero-order valence-corrected chi connectivity index (χ0v) is 18.4. The van der Waals surface area contributed by atoms with Crippen molar-refractivity contribution in [1.29, 1.82) is 0 Å². The van der Waals surface area contributed by atoms with Crippen LogP contribution in [0.5, 0.6) is 0 Å². The molecule has 1 fully saturated rings. The minimum absolute atomic E-state index is 0.416. The van der Waals surface area contributed by atoms with E-state index in [9.17, 15) is 5.11 Å².